The van der Waals surface area contributed by atoms with Crippen LogP contribution in [0.25, 0.3) is 10.9 Å². The van der Waals surface area contributed by atoms with Gasteiger partial charge in [0.05, 0.1) is 29.2 Å². The third-order valence-electron chi connectivity index (χ3n) is 3.75. The van der Waals surface area contributed by atoms with Crippen LogP contribution in [0.2, 0.25) is 0 Å². The molecule has 1 amide bonds. The van der Waals surface area contributed by atoms with Gasteiger partial charge in [0.2, 0.25) is 5.88 Å². The molecule has 4 aromatic rings. The van der Waals surface area contributed by atoms with Gasteiger partial charge >= 0.3 is 0 Å². The first-order valence-electron chi connectivity index (χ1n) is 7.82. The summed E-state index contributed by atoms with van der Waals surface area (Å²) in [4.78, 5) is 16.6. The molecule has 0 saturated carbocycles. The monoisotopic (exact) mass is 348 g/mol. The standard InChI is InChI=1S/C19H13FN4O2/c20-13-4-7-15(8-5-13)26-17-9-6-14(11-21-17)23-19(25)16-3-1-2-12-10-22-24-18(12)16/h1-11H,(H,22,24)(H,23,25). The summed E-state index contributed by atoms with van der Waals surface area (Å²) in [5.74, 6) is 0.205. The first-order valence-corrected chi connectivity index (χ1v) is 7.82. The van der Waals surface area contributed by atoms with Crippen LogP contribution in [0.15, 0.2) is 67.0 Å². The number of nitrogens with zero attached hydrogens (tertiary/aromatic N) is 2. The van der Waals surface area contributed by atoms with Crippen molar-refractivity contribution in [3.8, 4) is 11.6 Å². The number of aromatic nitrogens is 3. The lowest BCUT2D eigenvalue weighted by atomic mass is 10.1. The smallest absolute Gasteiger partial charge is 0.257 e. The van der Waals surface area contributed by atoms with Crippen molar-refractivity contribution in [3.05, 3.63) is 78.4 Å². The molecule has 26 heavy (non-hydrogen) atoms. The van der Waals surface area contributed by atoms with E-state index < -0.39 is 0 Å². The van der Waals surface area contributed by atoms with Crippen LogP contribution in [0.3, 0.4) is 0 Å². The normalized spacial score (nSPS) is 10.7. The lowest BCUT2D eigenvalue weighted by Gasteiger charge is -2.08. The van der Waals surface area contributed by atoms with Crippen LogP contribution >= 0.6 is 0 Å². The van der Waals surface area contributed by atoms with Gasteiger partial charge in [-0.3, -0.25) is 9.89 Å². The van der Waals surface area contributed by atoms with Gasteiger partial charge in [0.1, 0.15) is 11.6 Å². The first kappa shape index (κ1) is 15.8. The number of anilines is 1. The summed E-state index contributed by atoms with van der Waals surface area (Å²) in [5, 5.41) is 10.4. The number of nitrogens with one attached hydrogen (secondary N) is 2. The average molecular weight is 348 g/mol. The van der Waals surface area contributed by atoms with Crippen molar-refractivity contribution in [2.45, 2.75) is 0 Å². The number of rotatable bonds is 4. The number of pyridine rings is 1. The highest BCUT2D eigenvalue weighted by atomic mass is 19.1. The zero-order valence-electron chi connectivity index (χ0n) is 13.4. The molecule has 0 radical (unpaired) electrons. The maximum Gasteiger partial charge on any atom is 0.257 e. The highest BCUT2D eigenvalue weighted by Crippen LogP contribution is 2.21. The third kappa shape index (κ3) is 3.23. The lowest BCUT2D eigenvalue weighted by molar-refractivity contribution is 0.102. The Morgan fingerprint density at radius 3 is 2.65 bits per heavy atom. The summed E-state index contributed by atoms with van der Waals surface area (Å²) in [6.45, 7) is 0. The summed E-state index contributed by atoms with van der Waals surface area (Å²) >= 11 is 0. The Morgan fingerprint density at radius 2 is 1.88 bits per heavy atom. The van der Waals surface area contributed by atoms with Crippen LogP contribution < -0.4 is 10.1 Å². The molecule has 0 spiro atoms. The van der Waals surface area contributed by atoms with Crippen molar-refractivity contribution < 1.29 is 13.9 Å². The molecule has 0 aliphatic rings. The van der Waals surface area contributed by atoms with Gasteiger partial charge in [-0.15, -0.1) is 0 Å². The molecule has 0 aliphatic carbocycles. The van der Waals surface area contributed by atoms with E-state index in [9.17, 15) is 9.18 Å². The van der Waals surface area contributed by atoms with Crippen molar-refractivity contribution in [2.75, 3.05) is 5.32 Å². The van der Waals surface area contributed by atoms with E-state index in [2.05, 4.69) is 20.5 Å². The van der Waals surface area contributed by atoms with Crippen molar-refractivity contribution in [1.29, 1.82) is 0 Å². The quantitative estimate of drug-likeness (QED) is 0.581. The fourth-order valence-electron chi connectivity index (χ4n) is 2.49. The molecule has 128 valence electrons. The lowest BCUT2D eigenvalue weighted by Crippen LogP contribution is -2.12. The molecular formula is C19H13FN4O2. The Balaban J connectivity index is 1.48. The minimum atomic E-state index is -0.337. The van der Waals surface area contributed by atoms with E-state index >= 15 is 0 Å². The summed E-state index contributed by atoms with van der Waals surface area (Å²) < 4.78 is 18.4. The number of H-pyrrole nitrogens is 1. The maximum atomic E-state index is 12.9. The number of ether oxygens (including phenoxy) is 1. The number of amides is 1. The molecule has 2 aromatic carbocycles. The van der Waals surface area contributed by atoms with E-state index in [1.54, 1.807) is 30.5 Å². The van der Waals surface area contributed by atoms with Crippen LogP contribution in [0.5, 0.6) is 11.6 Å². The molecule has 7 heteroatoms. The van der Waals surface area contributed by atoms with E-state index in [-0.39, 0.29) is 11.7 Å². The second-order valence-electron chi connectivity index (χ2n) is 5.54. The first-order chi connectivity index (χ1) is 12.7. The molecule has 6 nitrogen and oxygen atoms in total. The topological polar surface area (TPSA) is 79.9 Å². The molecular weight excluding hydrogens is 335 g/mol. The molecule has 2 aromatic heterocycles. The molecule has 0 fully saturated rings. The van der Waals surface area contributed by atoms with Gasteiger partial charge in [0.15, 0.2) is 0 Å². The van der Waals surface area contributed by atoms with Crippen LogP contribution in [-0.2, 0) is 0 Å². The Morgan fingerprint density at radius 1 is 1.04 bits per heavy atom. The zero-order chi connectivity index (χ0) is 17.9. The zero-order valence-corrected chi connectivity index (χ0v) is 13.4. The van der Waals surface area contributed by atoms with Crippen LogP contribution in [0.1, 0.15) is 10.4 Å². The van der Waals surface area contributed by atoms with Gasteiger partial charge in [-0.2, -0.15) is 5.10 Å². The summed E-state index contributed by atoms with van der Waals surface area (Å²) in [6, 6.07) is 14.3. The van der Waals surface area contributed by atoms with E-state index in [4.69, 9.17) is 4.74 Å². The molecule has 0 aliphatic heterocycles. The molecule has 2 N–H and O–H groups in total. The molecule has 0 bridgehead atoms. The fraction of sp³-hybridized carbons (Fsp3) is 0. The molecule has 0 unspecified atom stereocenters. The molecule has 0 atom stereocenters. The van der Waals surface area contributed by atoms with Crippen LogP contribution in [0.4, 0.5) is 10.1 Å². The predicted octanol–water partition coefficient (Wildman–Crippen LogP) is 4.14. The second kappa shape index (κ2) is 6.64. The van der Waals surface area contributed by atoms with E-state index in [1.807, 2.05) is 6.07 Å². The highest BCUT2D eigenvalue weighted by molar-refractivity contribution is 6.11. The van der Waals surface area contributed by atoms with Gasteiger partial charge in [-0.05, 0) is 36.4 Å². The van der Waals surface area contributed by atoms with Crippen molar-refractivity contribution in [2.24, 2.45) is 0 Å². The Labute approximate surface area is 147 Å². The second-order valence-corrected chi connectivity index (χ2v) is 5.54. The van der Waals surface area contributed by atoms with Gasteiger partial charge in [-0.1, -0.05) is 12.1 Å². The predicted molar refractivity (Wildman–Crippen MR) is 94.8 cm³/mol. The number of halogens is 1. The number of hydrogen-bond acceptors (Lipinski definition) is 4. The number of fused-ring (bicyclic) bond motifs is 1. The van der Waals surface area contributed by atoms with E-state index in [1.165, 1.54) is 30.5 Å². The number of carbonyl (C=O) groups excluding carboxylic acids is 1. The average Bonchev–Trinajstić information content (AvgIpc) is 3.14. The van der Waals surface area contributed by atoms with Gasteiger partial charge in [0.25, 0.3) is 5.91 Å². The van der Waals surface area contributed by atoms with Gasteiger partial charge < -0.3 is 10.1 Å². The van der Waals surface area contributed by atoms with E-state index in [0.29, 0.717) is 28.4 Å². The number of para-hydroxylation sites is 1. The Kier molecular flexibility index (Phi) is 4.03. The molecule has 2 heterocycles. The summed E-state index contributed by atoms with van der Waals surface area (Å²) in [5.41, 5.74) is 1.69. The van der Waals surface area contributed by atoms with Crippen molar-refractivity contribution in [3.63, 3.8) is 0 Å². The van der Waals surface area contributed by atoms with Crippen molar-refractivity contribution in [1.82, 2.24) is 15.2 Å². The minimum Gasteiger partial charge on any atom is -0.439 e. The summed E-state index contributed by atoms with van der Waals surface area (Å²) in [6.07, 6.45) is 3.15. The SMILES string of the molecule is O=C(Nc1ccc(Oc2ccc(F)cc2)nc1)c1cccc2cn[nH]c12. The summed E-state index contributed by atoms with van der Waals surface area (Å²) in [7, 11) is 0. The Bertz CT molecular complexity index is 1060. The van der Waals surface area contributed by atoms with E-state index in [0.717, 1.165) is 5.39 Å². The number of hydrogen-bond donors (Lipinski definition) is 2. The van der Waals surface area contributed by atoms with Gasteiger partial charge in [0, 0.05) is 11.5 Å². The minimum absolute atomic E-state index is 0.270. The number of carbonyl (C=O) groups is 1. The molecule has 0 saturated heterocycles. The highest BCUT2D eigenvalue weighted by Gasteiger charge is 2.12. The fourth-order valence-corrected chi connectivity index (χ4v) is 2.49. The third-order valence-corrected chi connectivity index (χ3v) is 3.75. The van der Waals surface area contributed by atoms with Gasteiger partial charge in [-0.25, -0.2) is 9.37 Å². The Hall–Kier alpha value is -3.74. The largest absolute Gasteiger partial charge is 0.439 e. The van der Waals surface area contributed by atoms with Crippen LogP contribution in [0, 0.1) is 5.82 Å². The van der Waals surface area contributed by atoms with Crippen LogP contribution in [-0.4, -0.2) is 21.1 Å². The number of benzene rings is 2. The molecule has 4 rings (SSSR count). The van der Waals surface area contributed by atoms with Crippen molar-refractivity contribution >= 4 is 22.5 Å². The maximum absolute atomic E-state index is 12.9. The number of aromatic amines is 1.